The smallest absolute Gasteiger partial charge is 0.262 e. The number of benzene rings is 2. The van der Waals surface area contributed by atoms with Gasteiger partial charge in [-0.15, -0.1) is 35.1 Å². The van der Waals surface area contributed by atoms with Crippen molar-refractivity contribution in [2.75, 3.05) is 18.9 Å². The van der Waals surface area contributed by atoms with Crippen molar-refractivity contribution in [1.82, 2.24) is 15.0 Å². The predicted molar refractivity (Wildman–Crippen MR) is 150 cm³/mol. The van der Waals surface area contributed by atoms with Gasteiger partial charge in [0.2, 0.25) is 0 Å². The maximum Gasteiger partial charge on any atom is 0.262 e. The molecular weight excluding hydrogens is 535 g/mol. The topological polar surface area (TPSA) is 71.3 Å². The highest BCUT2D eigenvalue weighted by atomic mass is 35.5. The van der Waals surface area contributed by atoms with Crippen molar-refractivity contribution in [1.29, 1.82) is 0 Å². The highest BCUT2D eigenvalue weighted by molar-refractivity contribution is 7.23. The summed E-state index contributed by atoms with van der Waals surface area (Å²) in [4.78, 5) is 22.1. The molecule has 2 aromatic carbocycles. The van der Waals surface area contributed by atoms with Gasteiger partial charge in [-0.05, 0) is 44.2 Å². The molecule has 0 saturated carbocycles. The number of amides is 1. The van der Waals surface area contributed by atoms with Gasteiger partial charge in [0.25, 0.3) is 5.91 Å². The van der Waals surface area contributed by atoms with Crippen LogP contribution in [0.3, 0.4) is 0 Å². The molecule has 0 unspecified atom stereocenters. The lowest BCUT2D eigenvalue weighted by Gasteiger charge is -2.22. The molecule has 1 amide bonds. The molecule has 0 spiro atoms. The van der Waals surface area contributed by atoms with E-state index < -0.39 is 0 Å². The van der Waals surface area contributed by atoms with E-state index in [1.807, 2.05) is 36.4 Å². The minimum Gasteiger partial charge on any atom is -0.360 e. The number of nitrogens with zero attached hydrogens (tertiary/aromatic N) is 3. The van der Waals surface area contributed by atoms with E-state index in [1.165, 1.54) is 10.4 Å². The molecule has 0 saturated heterocycles. The molecule has 6 nitrogen and oxygen atoms in total. The zero-order valence-electron chi connectivity index (χ0n) is 19.5. The van der Waals surface area contributed by atoms with Crippen LogP contribution in [0.4, 0.5) is 5.00 Å². The van der Waals surface area contributed by atoms with Gasteiger partial charge in [0.1, 0.15) is 27.0 Å². The molecule has 0 bridgehead atoms. The first kappa shape index (κ1) is 24.9. The summed E-state index contributed by atoms with van der Waals surface area (Å²) in [6.07, 6.45) is 0.917. The second-order valence-corrected chi connectivity index (χ2v) is 11.1. The van der Waals surface area contributed by atoms with Crippen molar-refractivity contribution in [2.24, 2.45) is 0 Å². The Balaban J connectivity index is 0.00000267. The number of fused-ring (bicyclic) bond motifs is 2. The zero-order chi connectivity index (χ0) is 24.1. The summed E-state index contributed by atoms with van der Waals surface area (Å²) in [5.74, 6) is 0.174. The highest BCUT2D eigenvalue weighted by Crippen LogP contribution is 2.46. The number of carbonyl (C=O) groups excluding carboxylic acids is 1. The van der Waals surface area contributed by atoms with Gasteiger partial charge in [-0.3, -0.25) is 4.79 Å². The Labute approximate surface area is 227 Å². The fourth-order valence-corrected chi connectivity index (χ4v) is 7.13. The van der Waals surface area contributed by atoms with Crippen LogP contribution in [0.25, 0.3) is 32.0 Å². The number of thiazole rings is 1. The van der Waals surface area contributed by atoms with Crippen LogP contribution in [0.2, 0.25) is 5.02 Å². The van der Waals surface area contributed by atoms with Crippen LogP contribution in [0.1, 0.15) is 26.6 Å². The van der Waals surface area contributed by atoms with Crippen molar-refractivity contribution >= 4 is 67.8 Å². The monoisotopic (exact) mass is 556 g/mol. The summed E-state index contributed by atoms with van der Waals surface area (Å²) in [5, 5.41) is 9.59. The molecule has 10 heteroatoms. The normalized spacial score (nSPS) is 13.4. The molecule has 184 valence electrons. The first-order valence-corrected chi connectivity index (χ1v) is 13.2. The van der Waals surface area contributed by atoms with Crippen molar-refractivity contribution in [3.63, 3.8) is 0 Å². The summed E-state index contributed by atoms with van der Waals surface area (Å²) < 4.78 is 6.56. The molecular formula is C26H22Cl2N4O2S2. The predicted octanol–water partition coefficient (Wildman–Crippen LogP) is 7.30. The summed E-state index contributed by atoms with van der Waals surface area (Å²) in [6.45, 7) is 3.56. The zero-order valence-corrected chi connectivity index (χ0v) is 22.7. The Morgan fingerprint density at radius 1 is 1.14 bits per heavy atom. The summed E-state index contributed by atoms with van der Waals surface area (Å²) in [7, 11) is 2.12. The average molecular weight is 558 g/mol. The number of halogens is 2. The minimum absolute atomic E-state index is 0. The van der Waals surface area contributed by atoms with Crippen LogP contribution in [0.5, 0.6) is 0 Å². The van der Waals surface area contributed by atoms with E-state index in [1.54, 1.807) is 35.7 Å². The lowest BCUT2D eigenvalue weighted by atomic mass is 10.0. The molecule has 4 heterocycles. The third-order valence-corrected chi connectivity index (χ3v) is 8.72. The average Bonchev–Trinajstić information content (AvgIpc) is 3.53. The summed E-state index contributed by atoms with van der Waals surface area (Å²) in [6, 6.07) is 15.4. The van der Waals surface area contributed by atoms with E-state index >= 15 is 0 Å². The number of hydrogen-bond acceptors (Lipinski definition) is 7. The summed E-state index contributed by atoms with van der Waals surface area (Å²) >= 11 is 9.69. The Morgan fingerprint density at radius 2 is 1.92 bits per heavy atom. The lowest BCUT2D eigenvalue weighted by molar-refractivity contribution is 0.102. The number of anilines is 1. The molecule has 1 aliphatic heterocycles. The number of para-hydroxylation sites is 1. The number of hydrogen-bond donors (Lipinski definition) is 1. The van der Waals surface area contributed by atoms with Crippen LogP contribution in [0.15, 0.2) is 53.1 Å². The fraction of sp³-hybridized carbons (Fsp3) is 0.192. The van der Waals surface area contributed by atoms with E-state index in [-0.39, 0.29) is 18.3 Å². The number of thiophene rings is 1. The standard InChI is InChI=1S/C26H21ClN4O2S2.ClH/c1-14-21(23(30-33-14)15-7-3-4-8-17(15)27)24(32)29-26-22(16-11-12-31(2)13-20(16)35-26)25-28-18-9-5-6-10-19(18)34-25;/h3-10H,11-13H2,1-2H3,(H,29,32);1H. The van der Waals surface area contributed by atoms with Crippen LogP contribution in [-0.2, 0) is 13.0 Å². The number of carbonyl (C=O) groups is 1. The second-order valence-electron chi connectivity index (χ2n) is 8.58. The number of likely N-dealkylation sites (N-methyl/N-ethyl adjacent to an activating group) is 1. The quantitative estimate of drug-likeness (QED) is 0.251. The van der Waals surface area contributed by atoms with Crippen LogP contribution in [-0.4, -0.2) is 34.5 Å². The number of rotatable bonds is 4. The molecule has 1 N–H and O–H groups in total. The summed E-state index contributed by atoms with van der Waals surface area (Å²) in [5.41, 5.74) is 4.75. The van der Waals surface area contributed by atoms with E-state index in [4.69, 9.17) is 21.1 Å². The number of aryl methyl sites for hydroxylation is 1. The van der Waals surface area contributed by atoms with Gasteiger partial charge in [0, 0.05) is 29.1 Å². The molecule has 0 fully saturated rings. The molecule has 0 radical (unpaired) electrons. The minimum atomic E-state index is -0.270. The van der Waals surface area contributed by atoms with Crippen molar-refractivity contribution < 1.29 is 9.32 Å². The molecule has 6 rings (SSSR count). The maximum atomic E-state index is 13.7. The van der Waals surface area contributed by atoms with Gasteiger partial charge in [-0.1, -0.05) is 47.1 Å². The van der Waals surface area contributed by atoms with Gasteiger partial charge in [0.05, 0.1) is 15.2 Å². The molecule has 0 aliphatic carbocycles. The number of nitrogens with one attached hydrogen (secondary N) is 1. The van der Waals surface area contributed by atoms with Crippen LogP contribution >= 0.6 is 46.7 Å². The largest absolute Gasteiger partial charge is 0.360 e. The Kier molecular flexibility index (Phi) is 6.89. The highest BCUT2D eigenvalue weighted by Gasteiger charge is 2.29. The Morgan fingerprint density at radius 3 is 2.72 bits per heavy atom. The van der Waals surface area contributed by atoms with Gasteiger partial charge < -0.3 is 14.7 Å². The Bertz CT molecular complexity index is 1560. The van der Waals surface area contributed by atoms with Crippen molar-refractivity contribution in [3.05, 3.63) is 75.3 Å². The van der Waals surface area contributed by atoms with Crippen molar-refractivity contribution in [3.8, 4) is 21.8 Å². The lowest BCUT2D eigenvalue weighted by Crippen LogP contribution is -2.25. The third-order valence-electron chi connectivity index (χ3n) is 6.20. The van der Waals surface area contributed by atoms with E-state index in [9.17, 15) is 4.79 Å². The van der Waals surface area contributed by atoms with Gasteiger partial charge in [-0.25, -0.2) is 4.98 Å². The second kappa shape index (κ2) is 9.95. The van der Waals surface area contributed by atoms with E-state index in [2.05, 4.69) is 28.5 Å². The van der Waals surface area contributed by atoms with E-state index in [0.29, 0.717) is 27.6 Å². The third kappa shape index (κ3) is 4.33. The van der Waals surface area contributed by atoms with Gasteiger partial charge in [0.15, 0.2) is 0 Å². The van der Waals surface area contributed by atoms with Crippen LogP contribution in [0, 0.1) is 6.92 Å². The molecule has 1 aliphatic rings. The molecule has 3 aromatic heterocycles. The van der Waals surface area contributed by atoms with Crippen LogP contribution < -0.4 is 5.32 Å². The van der Waals surface area contributed by atoms with E-state index in [0.717, 1.165) is 45.3 Å². The number of aromatic nitrogens is 2. The molecule has 5 aromatic rings. The first-order chi connectivity index (χ1) is 17.0. The Hall–Kier alpha value is -2.75. The van der Waals surface area contributed by atoms with Gasteiger partial charge in [-0.2, -0.15) is 0 Å². The van der Waals surface area contributed by atoms with Gasteiger partial charge >= 0.3 is 0 Å². The first-order valence-electron chi connectivity index (χ1n) is 11.2. The van der Waals surface area contributed by atoms with Crippen molar-refractivity contribution in [2.45, 2.75) is 19.9 Å². The molecule has 36 heavy (non-hydrogen) atoms. The fourth-order valence-electron chi connectivity index (χ4n) is 4.47. The SMILES string of the molecule is Cc1onc(-c2ccccc2Cl)c1C(=O)Nc1sc2c(c1-c1nc3ccccc3s1)CCN(C)C2.Cl. The molecule has 0 atom stereocenters. The maximum absolute atomic E-state index is 13.7.